The van der Waals surface area contributed by atoms with E-state index in [1.807, 2.05) is 60.7 Å². The monoisotopic (exact) mass is 362 g/mol. The topological polar surface area (TPSA) is 34.1 Å². The molecule has 0 aliphatic heterocycles. The minimum atomic E-state index is -3.45. The summed E-state index contributed by atoms with van der Waals surface area (Å²) in [5.41, 5.74) is 1.20. The van der Waals surface area contributed by atoms with Gasteiger partial charge in [0.25, 0.3) is 0 Å². The molecule has 0 heterocycles. The second kappa shape index (κ2) is 8.29. The van der Waals surface area contributed by atoms with Crippen molar-refractivity contribution in [2.24, 2.45) is 0 Å². The Morgan fingerprint density at radius 3 is 2.04 bits per heavy atom. The minimum Gasteiger partial charge on any atom is -0.305 e. The number of aryl methyl sites for hydroxylation is 1. The van der Waals surface area contributed by atoms with Gasteiger partial charge in [-0.15, -0.1) is 0 Å². The summed E-state index contributed by atoms with van der Waals surface area (Å²) in [5.74, 6) is 0. The average molecular weight is 362 g/mol. The van der Waals surface area contributed by atoms with Gasteiger partial charge in [0, 0.05) is 16.2 Å². The van der Waals surface area contributed by atoms with Crippen LogP contribution >= 0.6 is 7.14 Å². The van der Waals surface area contributed by atoms with Crippen LogP contribution in [-0.4, -0.2) is 5.52 Å². The van der Waals surface area contributed by atoms with Crippen LogP contribution in [0.3, 0.4) is 0 Å². The van der Waals surface area contributed by atoms with E-state index in [0.29, 0.717) is 16.2 Å². The quantitative estimate of drug-likeness (QED) is 0.543. The van der Waals surface area contributed by atoms with E-state index in [9.17, 15) is 9.36 Å². The highest BCUT2D eigenvalue weighted by Crippen LogP contribution is 2.47. The maximum Gasteiger partial charge on any atom is 0.230 e. The maximum atomic E-state index is 14.4. The highest BCUT2D eigenvalue weighted by atomic mass is 31.2. The molecule has 0 amide bonds. The summed E-state index contributed by atoms with van der Waals surface area (Å²) in [5, 5.41) is 1.27. The van der Waals surface area contributed by atoms with E-state index in [2.05, 4.69) is 6.92 Å². The Morgan fingerprint density at radius 1 is 0.808 bits per heavy atom. The zero-order valence-corrected chi connectivity index (χ0v) is 15.9. The fraction of sp³-hybridized carbons (Fsp3) is 0.174. The average Bonchev–Trinajstić information content (AvgIpc) is 2.72. The van der Waals surface area contributed by atoms with Crippen LogP contribution in [0.25, 0.3) is 0 Å². The van der Waals surface area contributed by atoms with E-state index in [1.54, 1.807) is 24.3 Å². The minimum absolute atomic E-state index is 0.298. The van der Waals surface area contributed by atoms with Crippen molar-refractivity contribution < 1.29 is 9.36 Å². The fourth-order valence-corrected chi connectivity index (χ4v) is 5.89. The van der Waals surface area contributed by atoms with Crippen molar-refractivity contribution >= 4 is 23.3 Å². The van der Waals surface area contributed by atoms with Crippen molar-refractivity contribution in [3.05, 3.63) is 96.1 Å². The number of hydrogen-bond donors (Lipinski definition) is 0. The van der Waals surface area contributed by atoms with Gasteiger partial charge in [0.05, 0.1) is 0 Å². The third kappa shape index (κ3) is 3.57. The molecule has 0 aliphatic carbocycles. The third-order valence-corrected chi connectivity index (χ3v) is 7.53. The van der Waals surface area contributed by atoms with Gasteiger partial charge < -0.3 is 4.57 Å². The summed E-state index contributed by atoms with van der Waals surface area (Å²) in [6, 6.07) is 25.8. The predicted molar refractivity (Wildman–Crippen MR) is 109 cm³/mol. The van der Waals surface area contributed by atoms with Crippen molar-refractivity contribution in [2.45, 2.75) is 26.2 Å². The Labute approximate surface area is 155 Å². The molecule has 1 unspecified atom stereocenters. The van der Waals surface area contributed by atoms with Crippen molar-refractivity contribution in [1.82, 2.24) is 0 Å². The molecule has 0 radical (unpaired) electrons. The van der Waals surface area contributed by atoms with Gasteiger partial charge in [-0.3, -0.25) is 4.79 Å². The highest BCUT2D eigenvalue weighted by molar-refractivity contribution is 7.93. The number of carbonyl (C=O) groups excluding carboxylic acids is 1. The molecule has 3 rings (SSSR count). The number of hydrogen-bond acceptors (Lipinski definition) is 2. The first kappa shape index (κ1) is 18.4. The molecule has 0 saturated carbocycles. The lowest BCUT2D eigenvalue weighted by molar-refractivity contribution is 0.107. The molecule has 0 N–H and O–H groups in total. The Kier molecular flexibility index (Phi) is 5.85. The Morgan fingerprint density at radius 2 is 1.38 bits per heavy atom. The lowest BCUT2D eigenvalue weighted by Gasteiger charge is -2.21. The lowest BCUT2D eigenvalue weighted by atomic mass is 10.1. The first-order valence-electron chi connectivity index (χ1n) is 9.02. The van der Waals surface area contributed by atoms with E-state index >= 15 is 0 Å². The largest absolute Gasteiger partial charge is 0.305 e. The van der Waals surface area contributed by atoms with Crippen LogP contribution in [0, 0.1) is 0 Å². The molecule has 2 nitrogen and oxygen atoms in total. The molecule has 132 valence electrons. The van der Waals surface area contributed by atoms with Crippen LogP contribution in [0.1, 0.15) is 35.7 Å². The second-order valence-electron chi connectivity index (χ2n) is 6.35. The van der Waals surface area contributed by atoms with Gasteiger partial charge >= 0.3 is 0 Å². The number of rotatable bonds is 7. The summed E-state index contributed by atoms with van der Waals surface area (Å²) in [4.78, 5) is 13.4. The zero-order valence-electron chi connectivity index (χ0n) is 15.0. The molecule has 0 aromatic heterocycles. The molecular formula is C23H23O2P. The predicted octanol–water partition coefficient (Wildman–Crippen LogP) is 5.18. The van der Waals surface area contributed by atoms with Crippen LogP contribution in [0.4, 0.5) is 0 Å². The van der Waals surface area contributed by atoms with Crippen molar-refractivity contribution in [2.75, 3.05) is 0 Å². The molecule has 3 aromatic rings. The molecule has 26 heavy (non-hydrogen) atoms. The number of unbranched alkanes of at least 4 members (excludes halogenated alkanes) is 1. The number of benzene rings is 3. The van der Waals surface area contributed by atoms with E-state index in [1.165, 1.54) is 0 Å². The molecular weight excluding hydrogens is 339 g/mol. The SMILES string of the molecule is CCCCc1ccccc1P(=O)(C(=O)c1ccccc1)c1ccccc1. The van der Waals surface area contributed by atoms with Crippen LogP contribution < -0.4 is 10.6 Å². The highest BCUT2D eigenvalue weighted by Gasteiger charge is 2.37. The van der Waals surface area contributed by atoms with E-state index < -0.39 is 7.14 Å². The Balaban J connectivity index is 2.21. The smallest absolute Gasteiger partial charge is 0.230 e. The second-order valence-corrected chi connectivity index (χ2v) is 8.97. The summed E-state index contributed by atoms with van der Waals surface area (Å²) in [6.45, 7) is 2.13. The van der Waals surface area contributed by atoms with Crippen LogP contribution in [-0.2, 0) is 11.0 Å². The lowest BCUT2D eigenvalue weighted by Crippen LogP contribution is -2.25. The zero-order chi connectivity index (χ0) is 18.4. The van der Waals surface area contributed by atoms with Gasteiger partial charge in [-0.2, -0.15) is 0 Å². The summed E-state index contributed by atoms with van der Waals surface area (Å²) < 4.78 is 14.4. The standard InChI is InChI=1S/C23H23O2P/c1-2-3-12-19-13-10-11-18-22(19)26(25,21-16-8-5-9-17-21)23(24)20-14-6-4-7-15-20/h4-11,13-18H,2-3,12H2,1H3. The van der Waals surface area contributed by atoms with Gasteiger partial charge in [0.1, 0.15) is 0 Å². The summed E-state index contributed by atoms with van der Waals surface area (Å²) in [7, 11) is -3.45. The Bertz CT molecular complexity index is 917. The molecule has 1 atom stereocenters. The molecule has 3 aromatic carbocycles. The van der Waals surface area contributed by atoms with Gasteiger partial charge in [-0.1, -0.05) is 98.3 Å². The molecule has 0 fully saturated rings. The van der Waals surface area contributed by atoms with E-state index in [0.717, 1.165) is 24.8 Å². The van der Waals surface area contributed by atoms with Gasteiger partial charge in [0.15, 0.2) is 0 Å². The third-order valence-electron chi connectivity index (χ3n) is 4.56. The maximum absolute atomic E-state index is 14.4. The molecule has 0 spiro atoms. The van der Waals surface area contributed by atoms with Crippen LogP contribution in [0.2, 0.25) is 0 Å². The first-order chi connectivity index (χ1) is 12.7. The molecule has 0 aliphatic rings. The summed E-state index contributed by atoms with van der Waals surface area (Å²) in [6.07, 6.45) is 2.88. The van der Waals surface area contributed by atoms with Crippen LogP contribution in [0.15, 0.2) is 84.9 Å². The molecule has 0 bridgehead atoms. The van der Waals surface area contributed by atoms with E-state index in [4.69, 9.17) is 0 Å². The van der Waals surface area contributed by atoms with Crippen molar-refractivity contribution in [3.8, 4) is 0 Å². The Hall–Kier alpha value is -2.44. The van der Waals surface area contributed by atoms with Crippen LogP contribution in [0.5, 0.6) is 0 Å². The van der Waals surface area contributed by atoms with Crippen molar-refractivity contribution in [3.63, 3.8) is 0 Å². The molecule has 3 heteroatoms. The normalized spacial score (nSPS) is 13.1. The van der Waals surface area contributed by atoms with E-state index in [-0.39, 0.29) is 5.52 Å². The van der Waals surface area contributed by atoms with Gasteiger partial charge in [-0.05, 0) is 18.4 Å². The van der Waals surface area contributed by atoms with Gasteiger partial charge in [-0.25, -0.2) is 0 Å². The first-order valence-corrected chi connectivity index (χ1v) is 10.7. The fourth-order valence-electron chi connectivity index (χ4n) is 3.16. The number of carbonyl (C=O) groups is 1. The summed E-state index contributed by atoms with van der Waals surface area (Å²) >= 11 is 0. The van der Waals surface area contributed by atoms with Gasteiger partial charge in [0.2, 0.25) is 12.7 Å². The van der Waals surface area contributed by atoms with Crippen molar-refractivity contribution in [1.29, 1.82) is 0 Å². The molecule has 0 saturated heterocycles.